The highest BCUT2D eigenvalue weighted by molar-refractivity contribution is 5.65. The lowest BCUT2D eigenvalue weighted by atomic mass is 9.91. The van der Waals surface area contributed by atoms with E-state index in [1.807, 2.05) is 84.9 Å². The number of hydrogen-bond donors (Lipinski definition) is 2. The summed E-state index contributed by atoms with van der Waals surface area (Å²) in [6.07, 6.45) is 20.7. The number of nitrogens with zero attached hydrogens (tertiary/aromatic N) is 4. The lowest BCUT2D eigenvalue weighted by Gasteiger charge is -2.20. The van der Waals surface area contributed by atoms with Crippen LogP contribution in [0.3, 0.4) is 0 Å². The summed E-state index contributed by atoms with van der Waals surface area (Å²) in [6.45, 7) is 11.9. The van der Waals surface area contributed by atoms with Crippen molar-refractivity contribution in [3.05, 3.63) is 324 Å². The number of phenolic OH excluding ortho intramolecular Hbond substituents is 2. The lowest BCUT2D eigenvalue weighted by Crippen LogP contribution is -3.00. The Morgan fingerprint density at radius 3 is 0.686 bits per heavy atom. The molecule has 19 aliphatic heterocycles. The van der Waals surface area contributed by atoms with Crippen LogP contribution in [0.1, 0.15) is 68.5 Å². The predicted molar refractivity (Wildman–Crippen MR) is 435 cm³/mol. The molecule has 2 N–H and O–H groups in total. The highest BCUT2D eigenvalue weighted by atomic mass is 35.5. The van der Waals surface area contributed by atoms with Crippen LogP contribution in [0, 0.1) is 0 Å². The second-order valence-electron chi connectivity index (χ2n) is 28.3. The average molecular weight is 1680 g/mol. The van der Waals surface area contributed by atoms with Gasteiger partial charge in [-0.05, 0) is 126 Å². The molecule has 23 heterocycles. The number of aromatic hydroxyl groups is 2. The van der Waals surface area contributed by atoms with Gasteiger partial charge in [0.05, 0.1) is 92.5 Å². The zero-order valence-electron chi connectivity index (χ0n) is 66.3. The van der Waals surface area contributed by atoms with Crippen molar-refractivity contribution in [3.8, 4) is 79.4 Å². The van der Waals surface area contributed by atoms with Crippen LogP contribution in [0.4, 0.5) is 0 Å². The van der Waals surface area contributed by atoms with E-state index < -0.39 is 0 Å². The summed E-state index contributed by atoms with van der Waals surface area (Å²) in [7, 11) is 0. The number of para-hydroxylation sites is 4. The number of halogens is 4. The second-order valence-corrected chi connectivity index (χ2v) is 28.3. The number of fused-ring (bicyclic) bond motifs is 1. The first-order valence-corrected chi connectivity index (χ1v) is 39.7. The number of benzene rings is 8. The van der Waals surface area contributed by atoms with Crippen LogP contribution in [0.25, 0.3) is 33.4 Å². The van der Waals surface area contributed by atoms with Gasteiger partial charge in [0.25, 0.3) is 0 Å². The Morgan fingerprint density at radius 2 is 0.432 bits per heavy atom. The van der Waals surface area contributed by atoms with E-state index in [2.05, 4.69) is 201 Å². The third kappa shape index (κ3) is 26.8. The third-order valence-corrected chi connectivity index (χ3v) is 20.2. The van der Waals surface area contributed by atoms with Gasteiger partial charge >= 0.3 is 0 Å². The van der Waals surface area contributed by atoms with Crippen LogP contribution in [-0.4, -0.2) is 129 Å². The topological polar surface area (TPSA) is 167 Å². The number of ether oxygens (including phenoxy) is 12. The molecule has 1 aliphatic carbocycles. The molecule has 0 saturated heterocycles. The fraction of sp³-hybridized carbons (Fsp3) is 0.292. The summed E-state index contributed by atoms with van der Waals surface area (Å²) in [4.78, 5) is 0. The average Bonchev–Trinajstić information content (AvgIpc) is 0.791. The van der Waals surface area contributed by atoms with Crippen LogP contribution in [0.5, 0.6) is 46.0 Å². The van der Waals surface area contributed by atoms with Gasteiger partial charge in [0, 0.05) is 98.2 Å². The molecule has 18 nitrogen and oxygen atoms in total. The zero-order valence-corrected chi connectivity index (χ0v) is 69.3. The van der Waals surface area contributed by atoms with E-state index in [-0.39, 0.29) is 61.1 Å². The summed E-state index contributed by atoms with van der Waals surface area (Å²) < 4.78 is 78.3. The smallest absolute Gasteiger partial charge is 0.173 e. The molecule has 22 heteroatoms. The Hall–Kier alpha value is -10.3. The lowest BCUT2D eigenvalue weighted by molar-refractivity contribution is -0.697. The first kappa shape index (κ1) is 90.0. The van der Waals surface area contributed by atoms with Crippen molar-refractivity contribution >= 4 is 0 Å². The van der Waals surface area contributed by atoms with Crippen molar-refractivity contribution in [2.45, 2.75) is 64.7 Å². The van der Waals surface area contributed by atoms with E-state index in [4.69, 9.17) is 56.8 Å². The molecule has 0 fully saturated rings. The van der Waals surface area contributed by atoms with E-state index in [0.717, 1.165) is 118 Å². The van der Waals surface area contributed by atoms with Gasteiger partial charge in [-0.25, -0.2) is 18.3 Å². The monoisotopic (exact) mass is 1670 g/mol. The van der Waals surface area contributed by atoms with E-state index in [0.29, 0.717) is 145 Å². The Balaban J connectivity index is 0.000000297. The largest absolute Gasteiger partial charge is 1.00 e. The van der Waals surface area contributed by atoms with Crippen molar-refractivity contribution in [1.29, 1.82) is 0 Å². The van der Waals surface area contributed by atoms with E-state index in [9.17, 15) is 10.2 Å². The van der Waals surface area contributed by atoms with Gasteiger partial charge in [0.15, 0.2) is 75.8 Å². The molecule has 118 heavy (non-hydrogen) atoms. The van der Waals surface area contributed by atoms with Crippen molar-refractivity contribution in [3.63, 3.8) is 0 Å². The van der Waals surface area contributed by atoms with Crippen molar-refractivity contribution in [1.82, 2.24) is 0 Å². The highest BCUT2D eigenvalue weighted by Crippen LogP contribution is 2.39. The minimum Gasteiger partial charge on any atom is -1.00 e. The number of aromatic nitrogens is 4. The van der Waals surface area contributed by atoms with Crippen LogP contribution < -0.4 is 96.3 Å². The number of rotatable bonds is 0. The Morgan fingerprint density at radius 1 is 0.212 bits per heavy atom. The molecule has 0 saturated carbocycles. The summed E-state index contributed by atoms with van der Waals surface area (Å²) in [5, 5.41) is 24.0. The zero-order chi connectivity index (χ0) is 77.6. The Kier molecular flexibility index (Phi) is 36.6. The number of aryl methyl sites for hydroxylation is 2. The first-order chi connectivity index (χ1) is 56.3. The molecule has 0 radical (unpaired) electrons. The summed E-state index contributed by atoms with van der Waals surface area (Å²) in [5.74, 6) is 5.23. The van der Waals surface area contributed by atoms with Gasteiger partial charge in [-0.1, -0.05) is 121 Å². The normalized spacial score (nSPS) is 15.0. The minimum atomic E-state index is 0. The maximum atomic E-state index is 12.0. The predicted octanol–water partition coefficient (Wildman–Crippen LogP) is 2.30. The molecule has 0 spiro atoms. The molecule has 618 valence electrons. The van der Waals surface area contributed by atoms with Crippen LogP contribution in [0.2, 0.25) is 0 Å². The number of hydrogen-bond acceptors (Lipinski definition) is 14. The van der Waals surface area contributed by atoms with Crippen molar-refractivity contribution in [2.75, 3.05) is 119 Å². The minimum absolute atomic E-state index is 0. The SMILES string of the molecule is Oc1c2cccc1Cc1cccc3c1OCCC[n+]1ccc(cc1)-c1cc[n+](cc1)Cc1ccc(cc1)-c1ccc(cc1)C[n+]1ccc(cc1)-c1cc[n+](cc1)CCCOc1c(cccc1Cc1cccc(c1O)C3)C2.[Cl-].[Cl-].[Cl-].[Cl-].c1cc2ccc1OCCOCCOCCOCCOc1ccc(cc1)OCCOCCOCCOCCO2. The Bertz CT molecular complexity index is 4500. The quantitative estimate of drug-likeness (QED) is 0.213. The summed E-state index contributed by atoms with van der Waals surface area (Å²) in [6, 6.07) is 74.8. The molecule has 0 unspecified atom stereocenters. The van der Waals surface area contributed by atoms with Crippen molar-refractivity contribution < 1.29 is 135 Å². The number of phenols is 2. The number of pyridine rings is 4. The Labute approximate surface area is 717 Å². The van der Waals surface area contributed by atoms with Crippen LogP contribution in [-0.2, 0) is 80.3 Å². The standard InChI is InChI=1S/C68H60N4O4.C28H40O10.4ClH/c73-65-57-7-1-8-58(65)44-62-12-4-14-64-46-60-10-2-9-59(66(60)74)45-63-13-3-11-61(43-57)67(63)75-41-5-31-69-33-23-53(24-34-69)55-27-37-71(38-28-55)47-49-15-19-51(20-16-49)52-21-17-50(18-22-52)48-72-39-29-56(30-40-72)54-25-35-70(36-26-54)32-6-42-76-68(62)64;1-2-26-4-3-25(1)35-21-17-31-13-9-29-11-15-33-19-23-37-27-5-7-28(8-6-27)38-24-20-34-16-12-30-10-14-32-18-22-36-26;;;;/h1-4,7-30,33-40H,5-6,31-32,41-48H2;1-8H,9-24H2;4*1H/q+2;;;;;/p-2. The molecule has 0 atom stereocenters. The van der Waals surface area contributed by atoms with Gasteiger partial charge in [0.1, 0.15) is 72.4 Å². The summed E-state index contributed by atoms with van der Waals surface area (Å²) >= 11 is 0. The van der Waals surface area contributed by atoms with Crippen LogP contribution in [0.15, 0.2) is 268 Å². The fourth-order valence-electron chi connectivity index (χ4n) is 14.1. The maximum absolute atomic E-state index is 12.0. The van der Waals surface area contributed by atoms with E-state index >= 15 is 0 Å². The highest BCUT2D eigenvalue weighted by Gasteiger charge is 2.22. The molecule has 26 bridgehead atoms. The first-order valence-electron chi connectivity index (χ1n) is 39.7. The molecular formula is C96H102Cl4N4O14. The molecule has 8 aromatic carbocycles. The molecule has 4 aromatic heterocycles. The second kappa shape index (κ2) is 47.9. The molecule has 0 amide bonds. The van der Waals surface area contributed by atoms with Gasteiger partial charge in [-0.2, -0.15) is 0 Å². The van der Waals surface area contributed by atoms with Crippen LogP contribution >= 0.6 is 0 Å². The van der Waals surface area contributed by atoms with Gasteiger partial charge < -0.3 is 117 Å². The third-order valence-electron chi connectivity index (χ3n) is 20.2. The molecule has 32 rings (SSSR count). The molecule has 20 aliphatic rings. The van der Waals surface area contributed by atoms with Crippen molar-refractivity contribution in [2.24, 2.45) is 0 Å². The van der Waals surface area contributed by atoms with Gasteiger partial charge in [0.2, 0.25) is 0 Å². The van der Waals surface area contributed by atoms with E-state index in [1.54, 1.807) is 0 Å². The molecular weight excluding hydrogens is 1570 g/mol. The van der Waals surface area contributed by atoms with Gasteiger partial charge in [-0.15, -0.1) is 0 Å². The molecule has 12 aromatic rings. The maximum Gasteiger partial charge on any atom is 0.173 e. The van der Waals surface area contributed by atoms with Gasteiger partial charge in [-0.3, -0.25) is 0 Å². The van der Waals surface area contributed by atoms with E-state index in [1.165, 1.54) is 44.5 Å². The summed E-state index contributed by atoms with van der Waals surface area (Å²) in [5.41, 5.74) is 16.9. The fourth-order valence-corrected chi connectivity index (χ4v) is 14.1.